The minimum absolute atomic E-state index is 0.000365. The van der Waals surface area contributed by atoms with Gasteiger partial charge in [-0.25, -0.2) is 0 Å². The van der Waals surface area contributed by atoms with Crippen molar-refractivity contribution >= 4 is 23.5 Å². The van der Waals surface area contributed by atoms with Gasteiger partial charge in [0.25, 0.3) is 0 Å². The Morgan fingerprint density at radius 1 is 1.17 bits per heavy atom. The van der Waals surface area contributed by atoms with Crippen molar-refractivity contribution in [3.63, 3.8) is 0 Å². The van der Waals surface area contributed by atoms with Gasteiger partial charge in [-0.15, -0.1) is 11.8 Å². The first-order valence-corrected chi connectivity index (χ1v) is 7.59. The zero-order valence-corrected chi connectivity index (χ0v) is 12.9. The standard InChI is InChI=1S/C13H26N2O2S/c1-9(2)6-12(16)11(15-10(3)4)7-18-8-13(17)14-5/h9-11,15H,6-8H2,1-5H3,(H,14,17). The topological polar surface area (TPSA) is 58.2 Å². The number of ketones is 1. The van der Waals surface area contributed by atoms with Gasteiger partial charge in [-0.05, 0) is 5.92 Å². The summed E-state index contributed by atoms with van der Waals surface area (Å²) in [6.07, 6.45) is 0.588. The van der Waals surface area contributed by atoms with Crippen LogP contribution in [-0.2, 0) is 9.59 Å². The first-order valence-electron chi connectivity index (χ1n) is 6.43. The number of hydrogen-bond acceptors (Lipinski definition) is 4. The maximum atomic E-state index is 12.1. The lowest BCUT2D eigenvalue weighted by Crippen LogP contribution is -2.43. The number of nitrogens with one attached hydrogen (secondary N) is 2. The van der Waals surface area contributed by atoms with Gasteiger partial charge in [0, 0.05) is 25.3 Å². The molecule has 0 heterocycles. The van der Waals surface area contributed by atoms with E-state index in [0.717, 1.165) is 0 Å². The van der Waals surface area contributed by atoms with E-state index in [9.17, 15) is 9.59 Å². The van der Waals surface area contributed by atoms with Crippen LogP contribution >= 0.6 is 11.8 Å². The lowest BCUT2D eigenvalue weighted by Gasteiger charge is -2.20. The van der Waals surface area contributed by atoms with E-state index in [4.69, 9.17) is 0 Å². The summed E-state index contributed by atoms with van der Waals surface area (Å²) in [4.78, 5) is 23.2. The Labute approximate surface area is 115 Å². The predicted octanol–water partition coefficient (Wildman–Crippen LogP) is 1.45. The Morgan fingerprint density at radius 3 is 2.22 bits per heavy atom. The molecule has 0 aromatic carbocycles. The summed E-state index contributed by atoms with van der Waals surface area (Å²) in [5.41, 5.74) is 0. The van der Waals surface area contributed by atoms with Crippen molar-refractivity contribution < 1.29 is 9.59 Å². The molecule has 4 nitrogen and oxygen atoms in total. The summed E-state index contributed by atoms with van der Waals surface area (Å²) in [5, 5.41) is 5.85. The summed E-state index contributed by atoms with van der Waals surface area (Å²) in [6, 6.07) is 0.119. The third kappa shape index (κ3) is 8.53. The molecular formula is C13H26N2O2S. The van der Waals surface area contributed by atoms with Crippen LogP contribution in [0.25, 0.3) is 0 Å². The molecule has 0 aliphatic heterocycles. The number of hydrogen-bond donors (Lipinski definition) is 2. The monoisotopic (exact) mass is 274 g/mol. The molecule has 0 saturated carbocycles. The molecule has 0 radical (unpaired) electrons. The third-order valence-corrected chi connectivity index (χ3v) is 3.36. The van der Waals surface area contributed by atoms with Crippen LogP contribution in [0.3, 0.4) is 0 Å². The molecule has 0 bridgehead atoms. The minimum atomic E-state index is -0.151. The summed E-state index contributed by atoms with van der Waals surface area (Å²) in [7, 11) is 1.62. The first-order chi connectivity index (χ1) is 8.36. The van der Waals surface area contributed by atoms with Crippen molar-refractivity contribution in [1.29, 1.82) is 0 Å². The van der Waals surface area contributed by atoms with E-state index in [1.165, 1.54) is 11.8 Å². The fourth-order valence-electron chi connectivity index (χ4n) is 1.52. The van der Waals surface area contributed by atoms with Crippen LogP contribution in [0.5, 0.6) is 0 Å². The highest BCUT2D eigenvalue weighted by Gasteiger charge is 2.20. The average molecular weight is 274 g/mol. The zero-order valence-electron chi connectivity index (χ0n) is 12.1. The normalized spacial score (nSPS) is 12.8. The van der Waals surface area contributed by atoms with Gasteiger partial charge in [-0.2, -0.15) is 0 Å². The Hall–Kier alpha value is -0.550. The molecular weight excluding hydrogens is 248 g/mol. The van der Waals surface area contributed by atoms with Crippen LogP contribution in [0.15, 0.2) is 0 Å². The van der Waals surface area contributed by atoms with E-state index in [0.29, 0.717) is 23.8 Å². The van der Waals surface area contributed by atoms with Crippen LogP contribution < -0.4 is 10.6 Å². The maximum Gasteiger partial charge on any atom is 0.229 e. The first kappa shape index (κ1) is 17.4. The van der Waals surface area contributed by atoms with E-state index in [-0.39, 0.29) is 23.8 Å². The third-order valence-electron chi connectivity index (χ3n) is 2.33. The molecule has 5 heteroatoms. The maximum absolute atomic E-state index is 12.1. The molecule has 0 aromatic rings. The highest BCUT2D eigenvalue weighted by atomic mass is 32.2. The van der Waals surface area contributed by atoms with Crippen LogP contribution in [0.2, 0.25) is 0 Å². The summed E-state index contributed by atoms with van der Waals surface area (Å²) < 4.78 is 0. The lowest BCUT2D eigenvalue weighted by atomic mass is 10.0. The van der Waals surface area contributed by atoms with Crippen LogP contribution in [0, 0.1) is 5.92 Å². The number of rotatable bonds is 9. The molecule has 0 saturated heterocycles. The van der Waals surface area contributed by atoms with Crippen molar-refractivity contribution in [2.45, 2.75) is 46.2 Å². The molecule has 0 spiro atoms. The van der Waals surface area contributed by atoms with Crippen LogP contribution in [-0.4, -0.2) is 42.3 Å². The van der Waals surface area contributed by atoms with Gasteiger partial charge in [-0.3, -0.25) is 9.59 Å². The van der Waals surface area contributed by atoms with Gasteiger partial charge < -0.3 is 10.6 Å². The number of Topliss-reactive ketones (excluding diaryl/α,β-unsaturated/α-hetero) is 1. The molecule has 0 aliphatic carbocycles. The number of carbonyl (C=O) groups is 2. The minimum Gasteiger partial charge on any atom is -0.358 e. The molecule has 1 amide bonds. The second-order valence-corrected chi connectivity index (χ2v) is 6.16. The number of carbonyl (C=O) groups excluding carboxylic acids is 2. The molecule has 1 unspecified atom stereocenters. The van der Waals surface area contributed by atoms with E-state index in [2.05, 4.69) is 10.6 Å². The fraction of sp³-hybridized carbons (Fsp3) is 0.846. The van der Waals surface area contributed by atoms with Crippen molar-refractivity contribution in [3.8, 4) is 0 Å². The molecule has 0 aliphatic rings. The molecule has 106 valence electrons. The summed E-state index contributed by atoms with van der Waals surface area (Å²) in [5.74, 6) is 1.67. The average Bonchev–Trinajstić information content (AvgIpc) is 2.25. The van der Waals surface area contributed by atoms with E-state index in [1.54, 1.807) is 7.05 Å². The van der Waals surface area contributed by atoms with E-state index >= 15 is 0 Å². The fourth-order valence-corrected chi connectivity index (χ4v) is 2.49. The Bertz CT molecular complexity index is 268. The molecule has 2 N–H and O–H groups in total. The molecule has 1 atom stereocenters. The van der Waals surface area contributed by atoms with Crippen molar-refractivity contribution in [2.75, 3.05) is 18.6 Å². The largest absolute Gasteiger partial charge is 0.358 e. The number of thioether (sulfide) groups is 1. The van der Waals surface area contributed by atoms with E-state index in [1.807, 2.05) is 27.7 Å². The summed E-state index contributed by atoms with van der Waals surface area (Å²) >= 11 is 1.50. The molecule has 0 fully saturated rings. The number of amides is 1. The second kappa shape index (κ2) is 9.39. The SMILES string of the molecule is CNC(=O)CSCC(NC(C)C)C(=O)CC(C)C. The van der Waals surface area contributed by atoms with Crippen molar-refractivity contribution in [2.24, 2.45) is 5.92 Å². The van der Waals surface area contributed by atoms with Gasteiger partial charge >= 0.3 is 0 Å². The van der Waals surface area contributed by atoms with Crippen LogP contribution in [0.1, 0.15) is 34.1 Å². The second-order valence-electron chi connectivity index (χ2n) is 5.13. The highest BCUT2D eigenvalue weighted by molar-refractivity contribution is 8.00. The molecule has 18 heavy (non-hydrogen) atoms. The molecule has 0 aromatic heterocycles. The van der Waals surface area contributed by atoms with Gasteiger partial charge in [0.2, 0.25) is 5.91 Å². The summed E-state index contributed by atoms with van der Waals surface area (Å²) in [6.45, 7) is 8.14. The smallest absolute Gasteiger partial charge is 0.229 e. The Kier molecular flexibility index (Phi) is 9.10. The van der Waals surface area contributed by atoms with Gasteiger partial charge in [-0.1, -0.05) is 27.7 Å². The lowest BCUT2D eigenvalue weighted by molar-refractivity contribution is -0.121. The van der Waals surface area contributed by atoms with Gasteiger partial charge in [0.15, 0.2) is 5.78 Å². The van der Waals surface area contributed by atoms with Crippen molar-refractivity contribution in [3.05, 3.63) is 0 Å². The quantitative estimate of drug-likeness (QED) is 0.668. The zero-order chi connectivity index (χ0) is 14.1. The van der Waals surface area contributed by atoms with Gasteiger partial charge in [0.05, 0.1) is 11.8 Å². The van der Waals surface area contributed by atoms with Gasteiger partial charge in [0.1, 0.15) is 0 Å². The predicted molar refractivity (Wildman–Crippen MR) is 77.9 cm³/mol. The Balaban J connectivity index is 4.22. The molecule has 0 rings (SSSR count). The Morgan fingerprint density at radius 2 is 1.78 bits per heavy atom. The van der Waals surface area contributed by atoms with Crippen molar-refractivity contribution in [1.82, 2.24) is 10.6 Å². The van der Waals surface area contributed by atoms with Crippen LogP contribution in [0.4, 0.5) is 0 Å². The highest BCUT2D eigenvalue weighted by Crippen LogP contribution is 2.09. The van der Waals surface area contributed by atoms with E-state index < -0.39 is 0 Å².